The Labute approximate surface area is 122 Å². The largest absolute Gasteiger partial charge is 0.480 e. The van der Waals surface area contributed by atoms with Gasteiger partial charge in [0.15, 0.2) is 12.4 Å². The number of carbonyl (C=O) groups excluding carboxylic acids is 1. The molecule has 0 aliphatic rings. The SMILES string of the molecule is CC(Br)C(=O)c1ccc(OCC(=O)O)c(Cl)c1Cl. The molecule has 1 atom stereocenters. The summed E-state index contributed by atoms with van der Waals surface area (Å²) in [6.07, 6.45) is 0. The standard InChI is InChI=1S/C11H9BrCl2O4/c1-5(12)11(17)6-2-3-7(10(14)9(6)13)18-4-8(15)16/h2-3,5H,4H2,1H3,(H,15,16). The molecule has 18 heavy (non-hydrogen) atoms. The predicted octanol–water partition coefficient (Wildman–Crippen LogP) is 3.42. The average molecular weight is 356 g/mol. The lowest BCUT2D eigenvalue weighted by molar-refractivity contribution is -0.139. The molecule has 0 heterocycles. The van der Waals surface area contributed by atoms with E-state index < -0.39 is 17.4 Å². The lowest BCUT2D eigenvalue weighted by Gasteiger charge is -2.11. The van der Waals surface area contributed by atoms with Crippen LogP contribution < -0.4 is 4.74 Å². The molecule has 7 heteroatoms. The van der Waals surface area contributed by atoms with Gasteiger partial charge in [0, 0.05) is 5.56 Å². The molecule has 1 unspecified atom stereocenters. The van der Waals surface area contributed by atoms with Gasteiger partial charge in [-0.15, -0.1) is 0 Å². The van der Waals surface area contributed by atoms with E-state index in [9.17, 15) is 9.59 Å². The first-order valence-electron chi connectivity index (χ1n) is 4.85. The van der Waals surface area contributed by atoms with Crippen molar-refractivity contribution < 1.29 is 19.4 Å². The second-order valence-corrected chi connectivity index (χ2v) is 5.53. The van der Waals surface area contributed by atoms with Crippen LogP contribution in [0, 0.1) is 0 Å². The van der Waals surface area contributed by atoms with E-state index >= 15 is 0 Å². The number of alkyl halides is 1. The molecule has 0 aliphatic carbocycles. The van der Waals surface area contributed by atoms with Crippen LogP contribution in [0.5, 0.6) is 5.75 Å². The number of rotatable bonds is 5. The van der Waals surface area contributed by atoms with Crippen LogP contribution in [0.15, 0.2) is 12.1 Å². The van der Waals surface area contributed by atoms with Crippen LogP contribution in [0.25, 0.3) is 0 Å². The zero-order valence-electron chi connectivity index (χ0n) is 9.25. The van der Waals surface area contributed by atoms with Gasteiger partial charge in [-0.25, -0.2) is 4.79 Å². The van der Waals surface area contributed by atoms with E-state index in [4.69, 9.17) is 33.0 Å². The van der Waals surface area contributed by atoms with Gasteiger partial charge in [0.2, 0.25) is 0 Å². The summed E-state index contributed by atoms with van der Waals surface area (Å²) in [5.74, 6) is -1.22. The Morgan fingerprint density at radius 3 is 2.50 bits per heavy atom. The number of halogens is 3. The third-order valence-corrected chi connectivity index (χ3v) is 3.31. The van der Waals surface area contributed by atoms with E-state index in [1.165, 1.54) is 12.1 Å². The fraction of sp³-hybridized carbons (Fsp3) is 0.273. The number of carboxylic acids is 1. The van der Waals surface area contributed by atoms with Crippen molar-refractivity contribution in [3.05, 3.63) is 27.7 Å². The molecule has 98 valence electrons. The van der Waals surface area contributed by atoms with Crippen LogP contribution in [-0.4, -0.2) is 28.3 Å². The summed E-state index contributed by atoms with van der Waals surface area (Å²) < 4.78 is 4.94. The predicted molar refractivity (Wildman–Crippen MR) is 72.3 cm³/mol. The third-order valence-electron chi connectivity index (χ3n) is 2.02. The molecule has 0 fully saturated rings. The first kappa shape index (κ1) is 15.3. The van der Waals surface area contributed by atoms with Crippen LogP contribution in [0.4, 0.5) is 0 Å². The highest BCUT2D eigenvalue weighted by Crippen LogP contribution is 2.35. The number of hydrogen-bond acceptors (Lipinski definition) is 3. The first-order valence-corrected chi connectivity index (χ1v) is 6.52. The Hall–Kier alpha value is -0.780. The second kappa shape index (κ2) is 6.41. The van der Waals surface area contributed by atoms with Gasteiger partial charge < -0.3 is 9.84 Å². The summed E-state index contributed by atoms with van der Waals surface area (Å²) in [4.78, 5) is 21.8. The number of carboxylic acid groups (broad SMARTS) is 1. The maximum atomic E-state index is 11.8. The number of hydrogen-bond donors (Lipinski definition) is 1. The molecule has 4 nitrogen and oxygen atoms in total. The Balaban J connectivity index is 3.05. The van der Waals surface area contributed by atoms with Crippen molar-refractivity contribution in [3.8, 4) is 5.75 Å². The van der Waals surface area contributed by atoms with Gasteiger partial charge in [0.05, 0.1) is 9.85 Å². The molecule has 1 aromatic rings. The highest BCUT2D eigenvalue weighted by Gasteiger charge is 2.19. The number of carbonyl (C=O) groups is 2. The van der Waals surface area contributed by atoms with Crippen molar-refractivity contribution in [1.82, 2.24) is 0 Å². The van der Waals surface area contributed by atoms with Crippen molar-refractivity contribution in [1.29, 1.82) is 0 Å². The Bertz CT molecular complexity index is 488. The van der Waals surface area contributed by atoms with Crippen LogP contribution in [-0.2, 0) is 4.79 Å². The van der Waals surface area contributed by atoms with E-state index in [0.717, 1.165) is 0 Å². The molecular formula is C11H9BrCl2O4. The van der Waals surface area contributed by atoms with Crippen molar-refractivity contribution in [2.75, 3.05) is 6.61 Å². The number of benzene rings is 1. The average Bonchev–Trinajstić information content (AvgIpc) is 2.30. The maximum Gasteiger partial charge on any atom is 0.341 e. The van der Waals surface area contributed by atoms with Crippen LogP contribution in [0.3, 0.4) is 0 Å². The topological polar surface area (TPSA) is 63.6 Å². The molecule has 0 spiro atoms. The number of ketones is 1. The monoisotopic (exact) mass is 354 g/mol. The van der Waals surface area contributed by atoms with E-state index in [0.29, 0.717) is 0 Å². The Morgan fingerprint density at radius 2 is 2.00 bits per heavy atom. The van der Waals surface area contributed by atoms with Gasteiger partial charge in [-0.05, 0) is 19.1 Å². The molecule has 0 aliphatic heterocycles. The summed E-state index contributed by atoms with van der Waals surface area (Å²) in [5.41, 5.74) is 0.258. The van der Waals surface area contributed by atoms with E-state index in [1.54, 1.807) is 6.92 Å². The lowest BCUT2D eigenvalue weighted by Crippen LogP contribution is -2.12. The normalized spacial score (nSPS) is 12.0. The minimum atomic E-state index is -1.13. The molecule has 0 saturated carbocycles. The van der Waals surface area contributed by atoms with Crippen LogP contribution >= 0.6 is 39.1 Å². The summed E-state index contributed by atoms with van der Waals surface area (Å²) >= 11 is 15.0. The third kappa shape index (κ3) is 3.60. The zero-order chi connectivity index (χ0) is 13.9. The van der Waals surface area contributed by atoms with Gasteiger partial charge in [-0.3, -0.25) is 4.79 Å². The molecule has 0 radical (unpaired) electrons. The summed E-state index contributed by atoms with van der Waals surface area (Å²) in [5, 5.41) is 8.57. The van der Waals surface area contributed by atoms with Gasteiger partial charge in [-0.1, -0.05) is 39.1 Å². The van der Waals surface area contributed by atoms with Gasteiger partial charge >= 0.3 is 5.97 Å². The summed E-state index contributed by atoms with van der Waals surface area (Å²) in [7, 11) is 0. The minimum Gasteiger partial charge on any atom is -0.480 e. The zero-order valence-corrected chi connectivity index (χ0v) is 12.3. The van der Waals surface area contributed by atoms with E-state index in [1.807, 2.05) is 0 Å². The van der Waals surface area contributed by atoms with E-state index in [2.05, 4.69) is 15.9 Å². The molecular weight excluding hydrogens is 347 g/mol. The number of ether oxygens (including phenoxy) is 1. The Morgan fingerprint density at radius 1 is 1.39 bits per heavy atom. The van der Waals surface area contributed by atoms with Crippen molar-refractivity contribution >= 4 is 50.9 Å². The van der Waals surface area contributed by atoms with Crippen LogP contribution in [0.2, 0.25) is 10.0 Å². The molecule has 1 N–H and O–H groups in total. The molecule has 0 saturated heterocycles. The van der Waals surface area contributed by atoms with Crippen molar-refractivity contribution in [2.24, 2.45) is 0 Å². The lowest BCUT2D eigenvalue weighted by atomic mass is 10.1. The highest BCUT2D eigenvalue weighted by molar-refractivity contribution is 9.10. The van der Waals surface area contributed by atoms with Gasteiger partial charge in [0.1, 0.15) is 10.8 Å². The fourth-order valence-electron chi connectivity index (χ4n) is 1.19. The van der Waals surface area contributed by atoms with Crippen molar-refractivity contribution in [2.45, 2.75) is 11.8 Å². The van der Waals surface area contributed by atoms with E-state index in [-0.39, 0.29) is 27.1 Å². The molecule has 0 bridgehead atoms. The van der Waals surface area contributed by atoms with Gasteiger partial charge in [-0.2, -0.15) is 0 Å². The minimum absolute atomic E-state index is 0.0249. The Kier molecular flexibility index (Phi) is 5.44. The molecule has 1 rings (SSSR count). The van der Waals surface area contributed by atoms with Crippen LogP contribution in [0.1, 0.15) is 17.3 Å². The fourth-order valence-corrected chi connectivity index (χ4v) is 1.90. The molecule has 1 aromatic carbocycles. The van der Waals surface area contributed by atoms with Crippen molar-refractivity contribution in [3.63, 3.8) is 0 Å². The highest BCUT2D eigenvalue weighted by atomic mass is 79.9. The summed E-state index contributed by atoms with van der Waals surface area (Å²) in [6, 6.07) is 2.87. The summed E-state index contributed by atoms with van der Waals surface area (Å²) in [6.45, 7) is 1.14. The number of Topliss-reactive ketones (excluding diaryl/α,β-unsaturated/α-hetero) is 1. The quantitative estimate of drug-likeness (QED) is 0.649. The second-order valence-electron chi connectivity index (χ2n) is 3.40. The smallest absolute Gasteiger partial charge is 0.341 e. The molecule has 0 amide bonds. The first-order chi connectivity index (χ1) is 8.34. The maximum absolute atomic E-state index is 11.8. The van der Waals surface area contributed by atoms with Gasteiger partial charge in [0.25, 0.3) is 0 Å². The molecule has 0 aromatic heterocycles. The number of aliphatic carboxylic acids is 1.